The van der Waals surface area contributed by atoms with Crippen molar-refractivity contribution in [3.63, 3.8) is 0 Å². The fraction of sp³-hybridized carbons (Fsp3) is 0.158. The highest BCUT2D eigenvalue weighted by Crippen LogP contribution is 2.18. The van der Waals surface area contributed by atoms with Crippen LogP contribution in [0, 0.1) is 0 Å². The largest absolute Gasteiger partial charge is 0.469 e. The third kappa shape index (κ3) is 5.11. The molecule has 0 aliphatic carbocycles. The summed E-state index contributed by atoms with van der Waals surface area (Å²) in [4.78, 5) is 23.6. The number of esters is 1. The Kier molecular flexibility index (Phi) is 6.12. The van der Waals surface area contributed by atoms with Crippen molar-refractivity contribution in [2.75, 3.05) is 13.7 Å². The van der Waals surface area contributed by atoms with Gasteiger partial charge in [0, 0.05) is 12.1 Å². The lowest BCUT2D eigenvalue weighted by Crippen LogP contribution is -2.27. The van der Waals surface area contributed by atoms with Crippen LogP contribution in [0.15, 0.2) is 60.7 Å². The van der Waals surface area contributed by atoms with Crippen LogP contribution in [0.25, 0.3) is 11.6 Å². The topological polar surface area (TPSA) is 55.4 Å². The minimum Gasteiger partial charge on any atom is -0.469 e. The van der Waals surface area contributed by atoms with Crippen LogP contribution < -0.4 is 5.32 Å². The number of rotatable bonds is 6. The molecule has 2 aromatic carbocycles. The van der Waals surface area contributed by atoms with Crippen LogP contribution in [0.4, 0.5) is 0 Å². The Balaban J connectivity index is 2.19. The van der Waals surface area contributed by atoms with Crippen LogP contribution in [0.5, 0.6) is 0 Å². The highest BCUT2D eigenvalue weighted by atomic mass is 16.5. The van der Waals surface area contributed by atoms with Gasteiger partial charge in [0.2, 0.25) is 0 Å². The molecular formula is C19H19NO3. The quantitative estimate of drug-likeness (QED) is 0.507. The van der Waals surface area contributed by atoms with Crippen molar-refractivity contribution >= 4 is 23.5 Å². The zero-order chi connectivity index (χ0) is 16.5. The van der Waals surface area contributed by atoms with Crippen LogP contribution in [-0.4, -0.2) is 25.5 Å². The van der Waals surface area contributed by atoms with E-state index in [2.05, 4.69) is 10.1 Å². The number of carbonyl (C=O) groups is 2. The Labute approximate surface area is 135 Å². The van der Waals surface area contributed by atoms with Crippen LogP contribution >= 0.6 is 0 Å². The normalized spacial score (nSPS) is 10.9. The molecule has 0 radical (unpaired) electrons. The van der Waals surface area contributed by atoms with Crippen molar-refractivity contribution in [1.29, 1.82) is 0 Å². The van der Waals surface area contributed by atoms with E-state index in [1.165, 1.54) is 7.11 Å². The third-order valence-electron chi connectivity index (χ3n) is 3.28. The van der Waals surface area contributed by atoms with Gasteiger partial charge in [-0.2, -0.15) is 0 Å². The molecule has 4 heteroatoms. The Morgan fingerprint density at radius 3 is 2.22 bits per heavy atom. The number of amides is 1. The van der Waals surface area contributed by atoms with Gasteiger partial charge in [0.1, 0.15) is 0 Å². The van der Waals surface area contributed by atoms with Gasteiger partial charge in [-0.1, -0.05) is 60.7 Å². The molecule has 4 nitrogen and oxygen atoms in total. The van der Waals surface area contributed by atoms with Crippen molar-refractivity contribution in [3.05, 3.63) is 71.8 Å². The van der Waals surface area contributed by atoms with Crippen molar-refractivity contribution < 1.29 is 14.3 Å². The Bertz CT molecular complexity index is 678. The molecule has 23 heavy (non-hydrogen) atoms. The molecule has 1 amide bonds. The standard InChI is InChI=1S/C19H19NO3/c1-23-18(21)12-13-20-19(22)17(16-10-6-3-7-11-16)14-15-8-4-2-5-9-15/h2-11,14H,12-13H2,1H3,(H,20,22)/b17-14+. The second kappa shape index (κ2) is 8.54. The maximum atomic E-state index is 12.5. The lowest BCUT2D eigenvalue weighted by Gasteiger charge is -2.09. The van der Waals surface area contributed by atoms with E-state index in [-0.39, 0.29) is 24.8 Å². The predicted molar refractivity (Wildman–Crippen MR) is 90.4 cm³/mol. The minimum atomic E-state index is -0.349. The highest BCUT2D eigenvalue weighted by molar-refractivity contribution is 6.24. The monoisotopic (exact) mass is 309 g/mol. The average molecular weight is 309 g/mol. The fourth-order valence-electron chi connectivity index (χ4n) is 2.09. The number of methoxy groups -OCH3 is 1. The van der Waals surface area contributed by atoms with Gasteiger partial charge in [-0.3, -0.25) is 9.59 Å². The van der Waals surface area contributed by atoms with Gasteiger partial charge in [0.05, 0.1) is 13.5 Å². The number of benzene rings is 2. The molecule has 0 saturated heterocycles. The van der Waals surface area contributed by atoms with E-state index in [1.54, 1.807) is 0 Å². The molecule has 118 valence electrons. The minimum absolute atomic E-state index is 0.148. The highest BCUT2D eigenvalue weighted by Gasteiger charge is 2.12. The van der Waals surface area contributed by atoms with Gasteiger partial charge < -0.3 is 10.1 Å². The van der Waals surface area contributed by atoms with Crippen LogP contribution in [0.2, 0.25) is 0 Å². The lowest BCUT2D eigenvalue weighted by molar-refractivity contribution is -0.140. The van der Waals surface area contributed by atoms with Crippen molar-refractivity contribution in [2.24, 2.45) is 0 Å². The van der Waals surface area contributed by atoms with Gasteiger partial charge in [0.25, 0.3) is 5.91 Å². The zero-order valence-corrected chi connectivity index (χ0v) is 13.0. The summed E-state index contributed by atoms with van der Waals surface area (Å²) in [5, 5.41) is 2.76. The van der Waals surface area contributed by atoms with E-state index < -0.39 is 0 Å². The Morgan fingerprint density at radius 1 is 1.00 bits per heavy atom. The first-order chi connectivity index (χ1) is 11.2. The number of ether oxygens (including phenoxy) is 1. The summed E-state index contributed by atoms with van der Waals surface area (Å²) < 4.78 is 4.57. The summed E-state index contributed by atoms with van der Waals surface area (Å²) in [6.45, 7) is 0.241. The lowest BCUT2D eigenvalue weighted by atomic mass is 10.0. The van der Waals surface area contributed by atoms with E-state index in [1.807, 2.05) is 66.7 Å². The third-order valence-corrected chi connectivity index (χ3v) is 3.28. The predicted octanol–water partition coefficient (Wildman–Crippen LogP) is 2.91. The van der Waals surface area contributed by atoms with E-state index in [9.17, 15) is 9.59 Å². The van der Waals surface area contributed by atoms with Crippen LogP contribution in [0.3, 0.4) is 0 Å². The van der Waals surface area contributed by atoms with Gasteiger partial charge >= 0.3 is 5.97 Å². The molecule has 0 atom stereocenters. The molecule has 0 bridgehead atoms. The summed E-state index contributed by atoms with van der Waals surface area (Å²) >= 11 is 0. The maximum Gasteiger partial charge on any atom is 0.307 e. The number of hydrogen-bond donors (Lipinski definition) is 1. The Hall–Kier alpha value is -2.88. The van der Waals surface area contributed by atoms with Gasteiger partial charge in [-0.25, -0.2) is 0 Å². The summed E-state index contributed by atoms with van der Waals surface area (Å²) in [6, 6.07) is 19.1. The molecule has 0 fully saturated rings. The molecule has 0 heterocycles. The van der Waals surface area contributed by atoms with Gasteiger partial charge in [0.15, 0.2) is 0 Å². The summed E-state index contributed by atoms with van der Waals surface area (Å²) in [5.41, 5.74) is 2.32. The second-order valence-electron chi connectivity index (χ2n) is 4.92. The van der Waals surface area contributed by atoms with Gasteiger partial charge in [-0.15, -0.1) is 0 Å². The van der Waals surface area contributed by atoms with E-state index in [4.69, 9.17) is 0 Å². The first-order valence-corrected chi connectivity index (χ1v) is 7.38. The molecule has 1 N–H and O–H groups in total. The molecule has 0 aliphatic rings. The van der Waals surface area contributed by atoms with Gasteiger partial charge in [-0.05, 0) is 17.2 Å². The molecule has 0 spiro atoms. The number of nitrogens with one attached hydrogen (secondary N) is 1. The van der Waals surface area contributed by atoms with Crippen molar-refractivity contribution in [1.82, 2.24) is 5.32 Å². The fourth-order valence-corrected chi connectivity index (χ4v) is 2.09. The van der Waals surface area contributed by atoms with Crippen LogP contribution in [0.1, 0.15) is 17.5 Å². The van der Waals surface area contributed by atoms with Crippen molar-refractivity contribution in [2.45, 2.75) is 6.42 Å². The number of carbonyl (C=O) groups excluding carboxylic acids is 2. The first-order valence-electron chi connectivity index (χ1n) is 7.38. The zero-order valence-electron chi connectivity index (χ0n) is 13.0. The van der Waals surface area contributed by atoms with Crippen molar-refractivity contribution in [3.8, 4) is 0 Å². The smallest absolute Gasteiger partial charge is 0.307 e. The van der Waals surface area contributed by atoms with E-state index in [0.717, 1.165) is 11.1 Å². The molecule has 2 rings (SSSR count). The molecule has 2 aromatic rings. The Morgan fingerprint density at radius 2 is 1.61 bits per heavy atom. The van der Waals surface area contributed by atoms with E-state index in [0.29, 0.717) is 5.57 Å². The molecule has 0 unspecified atom stereocenters. The molecule has 0 saturated carbocycles. The maximum absolute atomic E-state index is 12.5. The summed E-state index contributed by atoms with van der Waals surface area (Å²) in [7, 11) is 1.33. The summed E-state index contributed by atoms with van der Waals surface area (Å²) in [6.07, 6.45) is 1.98. The molecular weight excluding hydrogens is 290 g/mol. The number of hydrogen-bond acceptors (Lipinski definition) is 3. The van der Waals surface area contributed by atoms with E-state index >= 15 is 0 Å². The average Bonchev–Trinajstić information content (AvgIpc) is 2.61. The molecule has 0 aromatic heterocycles. The van der Waals surface area contributed by atoms with Crippen LogP contribution in [-0.2, 0) is 14.3 Å². The first kappa shape index (κ1) is 16.5. The molecule has 0 aliphatic heterocycles. The summed E-state index contributed by atoms with van der Waals surface area (Å²) in [5.74, 6) is -0.567. The SMILES string of the molecule is COC(=O)CCNC(=O)/C(=C/c1ccccc1)c1ccccc1. The second-order valence-corrected chi connectivity index (χ2v) is 4.92.